The topological polar surface area (TPSA) is 67.9 Å². The number of hydroxylamine groups is 2. The predicted molar refractivity (Wildman–Crippen MR) is 58.6 cm³/mol. The van der Waals surface area contributed by atoms with E-state index < -0.39 is 23.6 Å². The van der Waals surface area contributed by atoms with Crippen LogP contribution in [0.25, 0.3) is 0 Å². The van der Waals surface area contributed by atoms with Gasteiger partial charge in [-0.1, -0.05) is 0 Å². The lowest BCUT2D eigenvalue weighted by atomic mass is 10.1. The number of hydrogen-bond acceptors (Lipinski definition) is 4. The van der Waals surface area contributed by atoms with E-state index in [1.54, 1.807) is 0 Å². The summed E-state index contributed by atoms with van der Waals surface area (Å²) in [6.07, 6.45) is -1.51. The van der Waals surface area contributed by atoms with Crippen LogP contribution >= 0.6 is 0 Å². The van der Waals surface area contributed by atoms with Gasteiger partial charge in [0.1, 0.15) is 0 Å². The fourth-order valence-corrected chi connectivity index (χ4v) is 0.893. The van der Waals surface area contributed by atoms with Crippen molar-refractivity contribution in [3.63, 3.8) is 0 Å². The molecular weight excluding hydrogens is 212 g/mol. The van der Waals surface area contributed by atoms with Crippen molar-refractivity contribution in [2.75, 3.05) is 14.2 Å². The minimum atomic E-state index is -0.882. The van der Waals surface area contributed by atoms with Gasteiger partial charge in [-0.25, -0.2) is 9.86 Å². The van der Waals surface area contributed by atoms with Crippen molar-refractivity contribution in [2.45, 2.75) is 39.3 Å². The Morgan fingerprint density at radius 3 is 2.19 bits per heavy atom. The fourth-order valence-electron chi connectivity index (χ4n) is 0.893. The molecule has 0 rings (SSSR count). The van der Waals surface area contributed by atoms with Crippen molar-refractivity contribution in [1.82, 2.24) is 10.4 Å². The molecule has 0 aliphatic heterocycles. The van der Waals surface area contributed by atoms with Crippen LogP contribution in [0.5, 0.6) is 0 Å². The highest BCUT2D eigenvalue weighted by molar-refractivity contribution is 5.82. The van der Waals surface area contributed by atoms with E-state index in [2.05, 4.69) is 10.2 Å². The largest absolute Gasteiger partial charge is 0.436 e. The summed E-state index contributed by atoms with van der Waals surface area (Å²) in [5.74, 6) is -0.424. The van der Waals surface area contributed by atoms with Gasteiger partial charge in [0.15, 0.2) is 6.10 Å². The summed E-state index contributed by atoms with van der Waals surface area (Å²) in [6, 6.07) is 0. The second-order valence-electron chi connectivity index (χ2n) is 4.44. The van der Waals surface area contributed by atoms with Crippen molar-refractivity contribution in [2.24, 2.45) is 0 Å². The molecule has 1 atom stereocenters. The molecule has 0 fully saturated rings. The van der Waals surface area contributed by atoms with Crippen LogP contribution in [0, 0.1) is 0 Å². The first-order valence-corrected chi connectivity index (χ1v) is 4.98. The van der Waals surface area contributed by atoms with Crippen LogP contribution in [-0.2, 0) is 14.4 Å². The van der Waals surface area contributed by atoms with Gasteiger partial charge in [-0.15, -0.1) is 0 Å². The Kier molecular flexibility index (Phi) is 5.23. The maximum atomic E-state index is 11.5. The highest BCUT2D eigenvalue weighted by Crippen LogP contribution is 2.02. The van der Waals surface area contributed by atoms with Gasteiger partial charge in [0.25, 0.3) is 5.91 Å². The monoisotopic (exact) mass is 232 g/mol. The molecule has 0 heterocycles. The van der Waals surface area contributed by atoms with Crippen LogP contribution in [0.4, 0.5) is 4.79 Å². The number of nitrogens with zero attached hydrogens (tertiary/aromatic N) is 1. The number of carbonyl (C=O) groups excluding carboxylic acids is 2. The lowest BCUT2D eigenvalue weighted by Crippen LogP contribution is -2.44. The molecule has 0 aliphatic carbocycles. The molecule has 0 spiro atoms. The highest BCUT2D eigenvalue weighted by atomic mass is 16.7. The van der Waals surface area contributed by atoms with E-state index in [0.29, 0.717) is 0 Å². The molecule has 0 aromatic rings. The van der Waals surface area contributed by atoms with Crippen molar-refractivity contribution >= 4 is 12.0 Å². The zero-order valence-electron chi connectivity index (χ0n) is 10.7. The standard InChI is InChI=1S/C10H20N2O4/c1-7(8(13)12(5)15-6)16-9(14)11-10(2,3)4/h7H,1-6H3,(H,11,14). The highest BCUT2D eigenvalue weighted by Gasteiger charge is 2.23. The van der Waals surface area contributed by atoms with Crippen molar-refractivity contribution in [3.05, 3.63) is 0 Å². The molecule has 16 heavy (non-hydrogen) atoms. The lowest BCUT2D eigenvalue weighted by molar-refractivity contribution is -0.177. The summed E-state index contributed by atoms with van der Waals surface area (Å²) in [4.78, 5) is 27.5. The third-order valence-corrected chi connectivity index (χ3v) is 1.69. The molecule has 0 aliphatic rings. The normalized spacial score (nSPS) is 12.9. The number of carbonyl (C=O) groups is 2. The summed E-state index contributed by atoms with van der Waals surface area (Å²) < 4.78 is 4.89. The molecule has 0 aromatic heterocycles. The zero-order chi connectivity index (χ0) is 12.9. The number of likely N-dealkylation sites (N-methyl/N-ethyl adjacent to an activating group) is 1. The minimum absolute atomic E-state index is 0.396. The molecule has 1 unspecified atom stereocenters. The van der Waals surface area contributed by atoms with E-state index in [1.807, 2.05) is 20.8 Å². The molecule has 0 saturated carbocycles. The van der Waals surface area contributed by atoms with E-state index in [0.717, 1.165) is 5.06 Å². The average Bonchev–Trinajstić information content (AvgIpc) is 2.12. The van der Waals surface area contributed by atoms with Crippen LogP contribution < -0.4 is 5.32 Å². The minimum Gasteiger partial charge on any atom is -0.436 e. The van der Waals surface area contributed by atoms with E-state index in [9.17, 15) is 9.59 Å². The molecule has 0 aromatic carbocycles. The van der Waals surface area contributed by atoms with E-state index >= 15 is 0 Å². The fraction of sp³-hybridized carbons (Fsp3) is 0.800. The third-order valence-electron chi connectivity index (χ3n) is 1.69. The first-order valence-electron chi connectivity index (χ1n) is 4.98. The number of rotatable bonds is 3. The molecule has 2 amide bonds. The van der Waals surface area contributed by atoms with Crippen molar-refractivity contribution in [1.29, 1.82) is 0 Å². The Morgan fingerprint density at radius 2 is 1.81 bits per heavy atom. The number of ether oxygens (including phenoxy) is 1. The smallest absolute Gasteiger partial charge is 0.408 e. The first kappa shape index (κ1) is 14.7. The summed E-state index contributed by atoms with van der Waals surface area (Å²) in [5.41, 5.74) is -0.396. The summed E-state index contributed by atoms with van der Waals surface area (Å²) in [5, 5.41) is 3.60. The predicted octanol–water partition coefficient (Wildman–Crippen LogP) is 0.919. The molecular formula is C10H20N2O4. The van der Waals surface area contributed by atoms with Gasteiger partial charge in [0.05, 0.1) is 7.11 Å². The van der Waals surface area contributed by atoms with Gasteiger partial charge in [-0.05, 0) is 27.7 Å². The SMILES string of the molecule is CON(C)C(=O)C(C)OC(=O)NC(C)(C)C. The second kappa shape index (κ2) is 5.69. The molecule has 0 bridgehead atoms. The van der Waals surface area contributed by atoms with E-state index in [1.165, 1.54) is 21.1 Å². The molecule has 0 saturated heterocycles. The number of amides is 2. The summed E-state index contributed by atoms with van der Waals surface area (Å²) in [6.45, 7) is 6.95. The van der Waals surface area contributed by atoms with Gasteiger partial charge in [0.2, 0.25) is 0 Å². The van der Waals surface area contributed by atoms with Crippen LogP contribution in [0.15, 0.2) is 0 Å². The Hall–Kier alpha value is -1.30. The number of alkyl carbamates (subject to hydrolysis) is 1. The zero-order valence-corrected chi connectivity index (χ0v) is 10.7. The maximum Gasteiger partial charge on any atom is 0.408 e. The molecule has 94 valence electrons. The lowest BCUT2D eigenvalue weighted by Gasteiger charge is -2.23. The molecule has 1 N–H and O–H groups in total. The first-order chi connectivity index (χ1) is 7.17. The number of hydrogen-bond donors (Lipinski definition) is 1. The van der Waals surface area contributed by atoms with Gasteiger partial charge in [-0.2, -0.15) is 0 Å². The van der Waals surface area contributed by atoms with Crippen LogP contribution in [0.3, 0.4) is 0 Å². The summed E-state index contributed by atoms with van der Waals surface area (Å²) in [7, 11) is 2.81. The van der Waals surface area contributed by atoms with Crippen LogP contribution in [0.2, 0.25) is 0 Å². The molecule has 0 radical (unpaired) electrons. The Labute approximate surface area is 95.8 Å². The van der Waals surface area contributed by atoms with Crippen molar-refractivity contribution in [3.8, 4) is 0 Å². The van der Waals surface area contributed by atoms with Crippen LogP contribution in [0.1, 0.15) is 27.7 Å². The van der Waals surface area contributed by atoms with E-state index in [-0.39, 0.29) is 0 Å². The average molecular weight is 232 g/mol. The Balaban J connectivity index is 4.20. The second-order valence-corrected chi connectivity index (χ2v) is 4.44. The van der Waals surface area contributed by atoms with Gasteiger partial charge in [0, 0.05) is 12.6 Å². The van der Waals surface area contributed by atoms with E-state index in [4.69, 9.17) is 4.74 Å². The molecule has 6 heteroatoms. The Bertz CT molecular complexity index is 260. The maximum absolute atomic E-state index is 11.5. The van der Waals surface area contributed by atoms with Crippen molar-refractivity contribution < 1.29 is 19.2 Å². The Morgan fingerprint density at radius 1 is 1.31 bits per heavy atom. The quantitative estimate of drug-likeness (QED) is 0.735. The van der Waals surface area contributed by atoms with Gasteiger partial charge < -0.3 is 10.1 Å². The van der Waals surface area contributed by atoms with Gasteiger partial charge in [-0.3, -0.25) is 9.63 Å². The van der Waals surface area contributed by atoms with Crippen LogP contribution in [-0.4, -0.2) is 42.9 Å². The number of nitrogens with one attached hydrogen (secondary N) is 1. The van der Waals surface area contributed by atoms with Gasteiger partial charge >= 0.3 is 6.09 Å². The summed E-state index contributed by atoms with van der Waals surface area (Å²) >= 11 is 0. The molecule has 6 nitrogen and oxygen atoms in total. The third kappa shape index (κ3) is 5.55.